The zero-order chi connectivity index (χ0) is 9.84. The van der Waals surface area contributed by atoms with Gasteiger partial charge in [-0.15, -0.1) is 0 Å². The van der Waals surface area contributed by atoms with Crippen LogP contribution in [0.4, 0.5) is 4.39 Å². The Labute approximate surface area is 90.1 Å². The van der Waals surface area contributed by atoms with Crippen molar-refractivity contribution in [3.63, 3.8) is 0 Å². The second-order valence-corrected chi connectivity index (χ2v) is 4.03. The minimum Gasteiger partial charge on any atom is -0.396 e. The largest absolute Gasteiger partial charge is 0.396 e. The van der Waals surface area contributed by atoms with Gasteiger partial charge in [0.05, 0.1) is 0 Å². The number of aliphatic hydroxyl groups is 1. The minimum absolute atomic E-state index is 0.0217. The third-order valence-electron chi connectivity index (χ3n) is 1.80. The lowest BCUT2D eigenvalue weighted by molar-refractivity contribution is 0.275. The second kappa shape index (κ2) is 4.88. The molecule has 0 saturated heterocycles. The zero-order valence-corrected chi connectivity index (χ0v) is 9.16. The molecule has 72 valence electrons. The van der Waals surface area contributed by atoms with Gasteiger partial charge in [0.2, 0.25) is 0 Å². The summed E-state index contributed by atoms with van der Waals surface area (Å²) in [6.45, 7) is -0.0217. The van der Waals surface area contributed by atoms with Gasteiger partial charge in [-0.3, -0.25) is 0 Å². The van der Waals surface area contributed by atoms with E-state index in [-0.39, 0.29) is 12.4 Å². The predicted octanol–water partition coefficient (Wildman–Crippen LogP) is 1.81. The van der Waals surface area contributed by atoms with Crippen LogP contribution in [0.1, 0.15) is 18.0 Å². The molecule has 2 nitrogen and oxygen atoms in total. The lowest BCUT2D eigenvalue weighted by Gasteiger charge is -2.11. The Hall–Kier alpha value is -0.200. The predicted molar refractivity (Wildman–Crippen MR) is 57.7 cm³/mol. The van der Waals surface area contributed by atoms with Gasteiger partial charge in [0, 0.05) is 21.8 Å². The van der Waals surface area contributed by atoms with Crippen molar-refractivity contribution in [1.82, 2.24) is 0 Å². The molecule has 1 aromatic rings. The van der Waals surface area contributed by atoms with E-state index in [0.29, 0.717) is 12.0 Å². The highest BCUT2D eigenvalue weighted by molar-refractivity contribution is 14.1. The number of halogens is 2. The molecule has 0 heterocycles. The normalized spacial score (nSPS) is 12.9. The molecular weight excluding hydrogens is 284 g/mol. The van der Waals surface area contributed by atoms with Gasteiger partial charge < -0.3 is 10.8 Å². The van der Waals surface area contributed by atoms with E-state index in [2.05, 4.69) is 22.6 Å². The van der Waals surface area contributed by atoms with Gasteiger partial charge in [0.25, 0.3) is 0 Å². The van der Waals surface area contributed by atoms with Crippen LogP contribution in [-0.4, -0.2) is 11.7 Å². The average molecular weight is 295 g/mol. The first-order valence-electron chi connectivity index (χ1n) is 3.96. The molecule has 4 heteroatoms. The molecular formula is C9H11FINO. The molecule has 3 N–H and O–H groups in total. The van der Waals surface area contributed by atoms with E-state index in [4.69, 9.17) is 10.8 Å². The van der Waals surface area contributed by atoms with Crippen LogP contribution in [0.5, 0.6) is 0 Å². The molecule has 0 aliphatic carbocycles. The lowest BCUT2D eigenvalue weighted by Crippen LogP contribution is -2.13. The summed E-state index contributed by atoms with van der Waals surface area (Å²) in [6, 6.07) is 4.37. The van der Waals surface area contributed by atoms with Gasteiger partial charge >= 0.3 is 0 Å². The summed E-state index contributed by atoms with van der Waals surface area (Å²) in [5.74, 6) is -0.304. The third kappa shape index (κ3) is 2.89. The van der Waals surface area contributed by atoms with Crippen molar-refractivity contribution >= 4 is 22.6 Å². The molecule has 0 aromatic heterocycles. The van der Waals surface area contributed by atoms with Crippen LogP contribution in [0, 0.1) is 9.39 Å². The third-order valence-corrected chi connectivity index (χ3v) is 2.47. The van der Waals surface area contributed by atoms with Gasteiger partial charge in [-0.2, -0.15) is 0 Å². The van der Waals surface area contributed by atoms with Crippen molar-refractivity contribution in [2.75, 3.05) is 6.61 Å². The van der Waals surface area contributed by atoms with E-state index in [1.54, 1.807) is 12.1 Å². The van der Waals surface area contributed by atoms with Gasteiger partial charge in [0.1, 0.15) is 5.82 Å². The SMILES string of the molecule is NC(CCO)c1cc(I)ccc1F. The summed E-state index contributed by atoms with van der Waals surface area (Å²) in [5.41, 5.74) is 6.14. The van der Waals surface area contributed by atoms with Crippen molar-refractivity contribution < 1.29 is 9.50 Å². The van der Waals surface area contributed by atoms with E-state index < -0.39 is 6.04 Å². The number of nitrogens with two attached hydrogens (primary N) is 1. The quantitative estimate of drug-likeness (QED) is 0.836. The fourth-order valence-electron chi connectivity index (χ4n) is 1.09. The fraction of sp³-hybridized carbons (Fsp3) is 0.333. The van der Waals surface area contributed by atoms with Crippen LogP contribution in [0.15, 0.2) is 18.2 Å². The summed E-state index contributed by atoms with van der Waals surface area (Å²) in [7, 11) is 0. The smallest absolute Gasteiger partial charge is 0.128 e. The molecule has 0 aliphatic heterocycles. The summed E-state index contributed by atoms with van der Waals surface area (Å²) >= 11 is 2.10. The summed E-state index contributed by atoms with van der Waals surface area (Å²) < 4.78 is 14.1. The molecule has 0 saturated carbocycles. The molecule has 1 rings (SSSR count). The summed E-state index contributed by atoms with van der Waals surface area (Å²) in [5, 5.41) is 8.65. The average Bonchev–Trinajstić information content (AvgIpc) is 2.09. The fourth-order valence-corrected chi connectivity index (χ4v) is 1.61. The molecule has 0 amide bonds. The Balaban J connectivity index is 2.91. The first-order chi connectivity index (χ1) is 6.15. The van der Waals surface area contributed by atoms with Crippen molar-refractivity contribution in [1.29, 1.82) is 0 Å². The molecule has 0 fully saturated rings. The number of aliphatic hydroxyl groups excluding tert-OH is 1. The van der Waals surface area contributed by atoms with Crippen LogP contribution in [0.25, 0.3) is 0 Å². The van der Waals surface area contributed by atoms with Gasteiger partial charge in [-0.05, 0) is 47.2 Å². The number of rotatable bonds is 3. The Morgan fingerprint density at radius 2 is 2.23 bits per heavy atom. The van der Waals surface area contributed by atoms with E-state index in [1.807, 2.05) is 0 Å². The maximum absolute atomic E-state index is 13.2. The van der Waals surface area contributed by atoms with Crippen LogP contribution >= 0.6 is 22.6 Å². The van der Waals surface area contributed by atoms with Gasteiger partial charge in [-0.1, -0.05) is 0 Å². The topological polar surface area (TPSA) is 46.2 Å². The highest BCUT2D eigenvalue weighted by atomic mass is 127. The number of hydrogen-bond donors (Lipinski definition) is 2. The molecule has 0 bridgehead atoms. The van der Waals surface area contributed by atoms with Crippen molar-refractivity contribution in [3.05, 3.63) is 33.1 Å². The maximum atomic E-state index is 13.2. The minimum atomic E-state index is -0.417. The van der Waals surface area contributed by atoms with Crippen LogP contribution in [0.3, 0.4) is 0 Å². The summed E-state index contributed by atoms with van der Waals surface area (Å²) in [4.78, 5) is 0. The van der Waals surface area contributed by atoms with Crippen molar-refractivity contribution in [3.8, 4) is 0 Å². The first-order valence-corrected chi connectivity index (χ1v) is 5.04. The lowest BCUT2D eigenvalue weighted by atomic mass is 10.0. The van der Waals surface area contributed by atoms with Crippen molar-refractivity contribution in [2.45, 2.75) is 12.5 Å². The van der Waals surface area contributed by atoms with E-state index >= 15 is 0 Å². The number of benzene rings is 1. The van der Waals surface area contributed by atoms with Crippen molar-refractivity contribution in [2.24, 2.45) is 5.73 Å². The van der Waals surface area contributed by atoms with E-state index in [0.717, 1.165) is 3.57 Å². The van der Waals surface area contributed by atoms with Crippen LogP contribution < -0.4 is 5.73 Å². The maximum Gasteiger partial charge on any atom is 0.128 e. The Kier molecular flexibility index (Phi) is 4.08. The molecule has 13 heavy (non-hydrogen) atoms. The standard InChI is InChI=1S/C9H11FINO/c10-8-2-1-6(11)5-7(8)9(12)3-4-13/h1-2,5,9,13H,3-4,12H2. The van der Waals surface area contributed by atoms with Crippen LogP contribution in [-0.2, 0) is 0 Å². The second-order valence-electron chi connectivity index (χ2n) is 2.78. The Morgan fingerprint density at radius 3 is 2.85 bits per heavy atom. The molecule has 0 aliphatic rings. The highest BCUT2D eigenvalue weighted by Crippen LogP contribution is 2.19. The van der Waals surface area contributed by atoms with Crippen LogP contribution in [0.2, 0.25) is 0 Å². The molecule has 1 atom stereocenters. The highest BCUT2D eigenvalue weighted by Gasteiger charge is 2.10. The number of hydrogen-bond acceptors (Lipinski definition) is 2. The van der Waals surface area contributed by atoms with Gasteiger partial charge in [0.15, 0.2) is 0 Å². The van der Waals surface area contributed by atoms with E-state index in [9.17, 15) is 4.39 Å². The van der Waals surface area contributed by atoms with Gasteiger partial charge in [-0.25, -0.2) is 4.39 Å². The first kappa shape index (κ1) is 10.9. The molecule has 0 radical (unpaired) electrons. The molecule has 1 aromatic carbocycles. The Bertz CT molecular complexity index is 293. The molecule has 1 unspecified atom stereocenters. The zero-order valence-electron chi connectivity index (χ0n) is 7.00. The molecule has 0 spiro atoms. The monoisotopic (exact) mass is 295 g/mol. The summed E-state index contributed by atoms with van der Waals surface area (Å²) in [6.07, 6.45) is 0.386. The van der Waals surface area contributed by atoms with E-state index in [1.165, 1.54) is 6.07 Å². The Morgan fingerprint density at radius 1 is 1.54 bits per heavy atom.